The van der Waals surface area contributed by atoms with Gasteiger partial charge in [0.15, 0.2) is 0 Å². The fourth-order valence-electron chi connectivity index (χ4n) is 2.20. The first-order valence-electron chi connectivity index (χ1n) is 6.30. The molecule has 1 heterocycles. The van der Waals surface area contributed by atoms with Crippen LogP contribution in [0.1, 0.15) is 31.9 Å². The molecule has 2 atom stereocenters. The highest BCUT2D eigenvalue weighted by atomic mass is 15.4. The molecule has 3 nitrogen and oxygen atoms in total. The van der Waals surface area contributed by atoms with E-state index in [1.165, 1.54) is 11.1 Å². The van der Waals surface area contributed by atoms with Crippen molar-refractivity contribution in [3.8, 4) is 0 Å². The summed E-state index contributed by atoms with van der Waals surface area (Å²) in [7, 11) is 0. The highest BCUT2D eigenvalue weighted by molar-refractivity contribution is 5.27. The van der Waals surface area contributed by atoms with Gasteiger partial charge in [0, 0.05) is 12.5 Å². The number of hydrogen-bond acceptors (Lipinski definition) is 3. The molecule has 0 spiro atoms. The molecule has 4 N–H and O–H groups in total. The van der Waals surface area contributed by atoms with Crippen LogP contribution in [0.3, 0.4) is 0 Å². The molecule has 94 valence electrons. The van der Waals surface area contributed by atoms with Crippen LogP contribution < -0.4 is 16.6 Å². The van der Waals surface area contributed by atoms with Gasteiger partial charge in [0.1, 0.15) is 0 Å². The molecule has 3 heteroatoms. The van der Waals surface area contributed by atoms with Crippen molar-refractivity contribution in [3.05, 3.63) is 35.4 Å². The number of nitrogens with two attached hydrogens (primary N) is 1. The van der Waals surface area contributed by atoms with Crippen molar-refractivity contribution >= 4 is 0 Å². The van der Waals surface area contributed by atoms with E-state index < -0.39 is 0 Å². The second-order valence-electron chi connectivity index (χ2n) is 5.96. The van der Waals surface area contributed by atoms with Crippen molar-refractivity contribution in [1.82, 2.24) is 10.9 Å². The first kappa shape index (κ1) is 12.6. The highest BCUT2D eigenvalue weighted by Crippen LogP contribution is 2.23. The average Bonchev–Trinajstić information content (AvgIpc) is 2.64. The summed E-state index contributed by atoms with van der Waals surface area (Å²) in [5, 5.41) is 0. The van der Waals surface area contributed by atoms with Gasteiger partial charge in [0.25, 0.3) is 0 Å². The van der Waals surface area contributed by atoms with Gasteiger partial charge in [-0.2, -0.15) is 0 Å². The molecule has 0 amide bonds. The number of rotatable bonds is 2. The van der Waals surface area contributed by atoms with Gasteiger partial charge in [-0.05, 0) is 23.0 Å². The smallest absolute Gasteiger partial charge is 0.0723 e. The first-order chi connectivity index (χ1) is 7.97. The molecule has 0 saturated carbocycles. The molecule has 0 aromatic heterocycles. The van der Waals surface area contributed by atoms with Gasteiger partial charge in [0.05, 0.1) is 6.17 Å². The van der Waals surface area contributed by atoms with Crippen LogP contribution in [0.15, 0.2) is 24.3 Å². The molecular weight excluding hydrogens is 210 g/mol. The largest absolute Gasteiger partial charge is 0.315 e. The Kier molecular flexibility index (Phi) is 3.52. The predicted octanol–water partition coefficient (Wildman–Crippen LogP) is 1.54. The Bertz CT molecular complexity index is 364. The molecule has 1 aromatic carbocycles. The summed E-state index contributed by atoms with van der Waals surface area (Å²) in [5.41, 5.74) is 15.1. The van der Waals surface area contributed by atoms with E-state index in [2.05, 4.69) is 55.9 Å². The van der Waals surface area contributed by atoms with Gasteiger partial charge < -0.3 is 5.73 Å². The van der Waals surface area contributed by atoms with Crippen molar-refractivity contribution in [1.29, 1.82) is 0 Å². The minimum atomic E-state index is 0.0669. The molecule has 0 bridgehead atoms. The Morgan fingerprint density at radius 1 is 1.24 bits per heavy atom. The van der Waals surface area contributed by atoms with E-state index in [9.17, 15) is 0 Å². The maximum atomic E-state index is 5.95. The summed E-state index contributed by atoms with van der Waals surface area (Å²) in [4.78, 5) is 0. The van der Waals surface area contributed by atoms with Crippen LogP contribution in [-0.4, -0.2) is 12.7 Å². The van der Waals surface area contributed by atoms with Crippen molar-refractivity contribution in [3.63, 3.8) is 0 Å². The summed E-state index contributed by atoms with van der Waals surface area (Å²) in [5.74, 6) is 0.482. The Morgan fingerprint density at radius 2 is 1.88 bits per heavy atom. The normalized spacial score (nSPS) is 25.2. The van der Waals surface area contributed by atoms with E-state index in [4.69, 9.17) is 5.73 Å². The van der Waals surface area contributed by atoms with E-state index in [1.807, 2.05) is 0 Å². The van der Waals surface area contributed by atoms with Gasteiger partial charge in [-0.3, -0.25) is 5.43 Å². The molecule has 17 heavy (non-hydrogen) atoms. The van der Waals surface area contributed by atoms with Gasteiger partial charge in [0.2, 0.25) is 0 Å². The Balaban J connectivity index is 2.03. The van der Waals surface area contributed by atoms with Crippen molar-refractivity contribution in [2.45, 2.75) is 38.8 Å². The molecule has 1 aromatic rings. The molecule has 0 radical (unpaired) electrons. The van der Waals surface area contributed by atoms with Crippen molar-refractivity contribution in [2.24, 2.45) is 11.7 Å². The van der Waals surface area contributed by atoms with E-state index >= 15 is 0 Å². The zero-order valence-corrected chi connectivity index (χ0v) is 11.0. The summed E-state index contributed by atoms with van der Waals surface area (Å²) >= 11 is 0. The summed E-state index contributed by atoms with van der Waals surface area (Å²) < 4.78 is 0. The monoisotopic (exact) mass is 233 g/mol. The number of hydrogen-bond donors (Lipinski definition) is 3. The Hall–Kier alpha value is -0.900. The van der Waals surface area contributed by atoms with Gasteiger partial charge in [-0.1, -0.05) is 45.0 Å². The third-order valence-electron chi connectivity index (χ3n) is 3.46. The minimum absolute atomic E-state index is 0.0669. The van der Waals surface area contributed by atoms with Crippen LogP contribution in [0, 0.1) is 5.92 Å². The van der Waals surface area contributed by atoms with Crippen LogP contribution in [0.4, 0.5) is 0 Å². The third kappa shape index (κ3) is 3.06. The van der Waals surface area contributed by atoms with Crippen molar-refractivity contribution < 1.29 is 0 Å². The maximum Gasteiger partial charge on any atom is 0.0723 e. The second kappa shape index (κ2) is 4.77. The molecule has 2 rings (SSSR count). The van der Waals surface area contributed by atoms with Crippen LogP contribution in [-0.2, 0) is 11.8 Å². The fourth-order valence-corrected chi connectivity index (χ4v) is 2.20. The topological polar surface area (TPSA) is 50.1 Å². The Morgan fingerprint density at radius 3 is 2.35 bits per heavy atom. The molecule has 0 aliphatic carbocycles. The highest BCUT2D eigenvalue weighted by Gasteiger charge is 2.23. The summed E-state index contributed by atoms with van der Waals surface area (Å²) in [6, 6.07) is 8.92. The van der Waals surface area contributed by atoms with E-state index in [0.717, 1.165) is 13.0 Å². The Labute approximate surface area is 104 Å². The van der Waals surface area contributed by atoms with E-state index in [1.54, 1.807) is 0 Å². The van der Waals surface area contributed by atoms with E-state index in [-0.39, 0.29) is 11.6 Å². The number of hydrazine groups is 1. The zero-order chi connectivity index (χ0) is 12.5. The van der Waals surface area contributed by atoms with Crippen LogP contribution in [0.2, 0.25) is 0 Å². The van der Waals surface area contributed by atoms with Crippen LogP contribution in [0.25, 0.3) is 0 Å². The molecule has 1 fully saturated rings. The SMILES string of the molecule is CC(C)(C)c1ccc(CC2CNNC2N)cc1. The van der Waals surface area contributed by atoms with Crippen LogP contribution in [0.5, 0.6) is 0 Å². The lowest BCUT2D eigenvalue weighted by atomic mass is 9.86. The lowest BCUT2D eigenvalue weighted by Gasteiger charge is -2.20. The van der Waals surface area contributed by atoms with Crippen molar-refractivity contribution in [2.75, 3.05) is 6.54 Å². The standard InChI is InChI=1S/C14H23N3/c1-14(2,3)12-6-4-10(5-7-12)8-11-9-16-17-13(11)15/h4-7,11,13,16-17H,8-9,15H2,1-3H3. The molecule has 1 aliphatic rings. The molecule has 2 unspecified atom stereocenters. The second-order valence-corrected chi connectivity index (χ2v) is 5.96. The van der Waals surface area contributed by atoms with Gasteiger partial charge >= 0.3 is 0 Å². The summed E-state index contributed by atoms with van der Waals surface area (Å²) in [6.07, 6.45) is 1.10. The molecule has 1 aliphatic heterocycles. The third-order valence-corrected chi connectivity index (χ3v) is 3.46. The molecular formula is C14H23N3. The maximum absolute atomic E-state index is 5.95. The van der Waals surface area contributed by atoms with Crippen LogP contribution >= 0.6 is 0 Å². The summed E-state index contributed by atoms with van der Waals surface area (Å²) in [6.45, 7) is 7.66. The minimum Gasteiger partial charge on any atom is -0.315 e. The quantitative estimate of drug-likeness (QED) is 0.726. The average molecular weight is 233 g/mol. The van der Waals surface area contributed by atoms with Gasteiger partial charge in [-0.15, -0.1) is 0 Å². The molecule has 1 saturated heterocycles. The van der Waals surface area contributed by atoms with Gasteiger partial charge in [-0.25, -0.2) is 5.43 Å². The van der Waals surface area contributed by atoms with E-state index in [0.29, 0.717) is 5.92 Å². The lowest BCUT2D eigenvalue weighted by molar-refractivity contribution is 0.468. The lowest BCUT2D eigenvalue weighted by Crippen LogP contribution is -2.39. The number of benzene rings is 1. The fraction of sp³-hybridized carbons (Fsp3) is 0.571. The zero-order valence-electron chi connectivity index (χ0n) is 11.0. The first-order valence-corrected chi connectivity index (χ1v) is 6.30. The number of nitrogens with one attached hydrogen (secondary N) is 2. The predicted molar refractivity (Wildman–Crippen MR) is 71.4 cm³/mol.